The Morgan fingerprint density at radius 3 is 2.64 bits per heavy atom. The second-order valence-electron chi connectivity index (χ2n) is 5.81. The minimum atomic E-state index is -0.142. The molecular weight excluding hydrogens is 384 g/mol. The molecule has 0 radical (unpaired) electrons. The van der Waals surface area contributed by atoms with Gasteiger partial charge in [-0.25, -0.2) is 0 Å². The third-order valence-corrected chi connectivity index (χ3v) is 4.14. The first kappa shape index (κ1) is 19.1. The Hall–Kier alpha value is -2.18. The lowest BCUT2D eigenvalue weighted by Crippen LogP contribution is -2.30. The van der Waals surface area contributed by atoms with Crippen LogP contribution in [-0.2, 0) is 11.3 Å². The van der Waals surface area contributed by atoms with E-state index in [0.29, 0.717) is 17.8 Å². The number of methoxy groups -OCH3 is 1. The van der Waals surface area contributed by atoms with Crippen molar-refractivity contribution in [1.29, 1.82) is 0 Å². The Morgan fingerprint density at radius 1 is 1.20 bits per heavy atom. The molecule has 0 bridgehead atoms. The van der Waals surface area contributed by atoms with E-state index in [-0.39, 0.29) is 18.2 Å². The smallest absolute Gasteiger partial charge is 0.238 e. The van der Waals surface area contributed by atoms with E-state index in [9.17, 15) is 9.59 Å². The van der Waals surface area contributed by atoms with Gasteiger partial charge >= 0.3 is 0 Å². The maximum Gasteiger partial charge on any atom is 0.238 e. The Balaban J connectivity index is 1.97. The number of ether oxygens (including phenoxy) is 1. The summed E-state index contributed by atoms with van der Waals surface area (Å²) in [6.07, 6.45) is 0. The van der Waals surface area contributed by atoms with Crippen LogP contribution < -0.4 is 10.1 Å². The summed E-state index contributed by atoms with van der Waals surface area (Å²) >= 11 is 3.45. The van der Waals surface area contributed by atoms with Gasteiger partial charge < -0.3 is 10.1 Å². The quantitative estimate of drug-likeness (QED) is 0.714. The monoisotopic (exact) mass is 404 g/mol. The lowest BCUT2D eigenvalue weighted by Gasteiger charge is -2.18. The van der Waals surface area contributed by atoms with Crippen molar-refractivity contribution in [2.75, 3.05) is 26.0 Å². The van der Waals surface area contributed by atoms with Gasteiger partial charge in [0.15, 0.2) is 5.78 Å². The van der Waals surface area contributed by atoms with Gasteiger partial charge in [0.05, 0.1) is 13.7 Å². The van der Waals surface area contributed by atoms with Crippen molar-refractivity contribution >= 4 is 33.3 Å². The first-order chi connectivity index (χ1) is 11.9. The van der Waals surface area contributed by atoms with E-state index in [1.54, 1.807) is 31.4 Å². The zero-order valence-electron chi connectivity index (χ0n) is 14.5. The molecule has 0 spiro atoms. The average Bonchev–Trinajstić information content (AvgIpc) is 2.55. The molecule has 0 fully saturated rings. The predicted octanol–water partition coefficient (Wildman–Crippen LogP) is 3.73. The Kier molecular flexibility index (Phi) is 6.73. The van der Waals surface area contributed by atoms with Crippen molar-refractivity contribution in [1.82, 2.24) is 4.90 Å². The summed E-state index contributed by atoms with van der Waals surface area (Å²) < 4.78 is 6.32. The van der Waals surface area contributed by atoms with E-state index in [1.165, 1.54) is 6.92 Å². The largest absolute Gasteiger partial charge is 0.496 e. The number of hydrogen-bond donors (Lipinski definition) is 1. The summed E-state index contributed by atoms with van der Waals surface area (Å²) in [5.74, 6) is 0.608. The molecule has 25 heavy (non-hydrogen) atoms. The van der Waals surface area contributed by atoms with Crippen LogP contribution in [0.5, 0.6) is 5.75 Å². The molecule has 0 aliphatic rings. The number of carbonyl (C=O) groups excluding carboxylic acids is 2. The van der Waals surface area contributed by atoms with Crippen LogP contribution in [0, 0.1) is 0 Å². The van der Waals surface area contributed by atoms with Gasteiger partial charge in [0.2, 0.25) is 5.91 Å². The van der Waals surface area contributed by atoms with E-state index in [2.05, 4.69) is 21.2 Å². The molecule has 1 amide bonds. The molecular formula is C19H21BrN2O3. The number of nitrogens with zero attached hydrogens (tertiary/aromatic N) is 1. The van der Waals surface area contributed by atoms with Crippen molar-refractivity contribution < 1.29 is 14.3 Å². The summed E-state index contributed by atoms with van der Waals surface area (Å²) in [5, 5.41) is 2.82. The molecule has 0 unspecified atom stereocenters. The molecule has 0 aliphatic carbocycles. The third-order valence-electron chi connectivity index (χ3n) is 3.65. The summed E-state index contributed by atoms with van der Waals surface area (Å²) in [5.41, 5.74) is 2.18. The van der Waals surface area contributed by atoms with Gasteiger partial charge in [-0.1, -0.05) is 28.1 Å². The zero-order valence-corrected chi connectivity index (χ0v) is 16.1. The number of anilines is 1. The number of carbonyl (C=O) groups is 2. The first-order valence-electron chi connectivity index (χ1n) is 7.81. The minimum Gasteiger partial charge on any atom is -0.496 e. The van der Waals surface area contributed by atoms with Gasteiger partial charge in [-0.3, -0.25) is 14.5 Å². The van der Waals surface area contributed by atoms with Crippen LogP contribution in [0.15, 0.2) is 46.9 Å². The number of amides is 1. The fourth-order valence-corrected chi connectivity index (χ4v) is 2.89. The second kappa shape index (κ2) is 8.78. The molecule has 0 aromatic heterocycles. The number of Topliss-reactive ketones (excluding diaryl/α,β-unsaturated/α-hetero) is 1. The number of likely N-dealkylation sites (N-methyl/N-ethyl adjacent to an activating group) is 1. The number of halogens is 1. The predicted molar refractivity (Wildman–Crippen MR) is 102 cm³/mol. The SMILES string of the molecule is COc1ccc(Br)cc1CN(C)CC(=O)Nc1cccc(C(C)=O)c1. The fourth-order valence-electron chi connectivity index (χ4n) is 2.48. The van der Waals surface area contributed by atoms with Gasteiger partial charge in [-0.2, -0.15) is 0 Å². The van der Waals surface area contributed by atoms with E-state index >= 15 is 0 Å². The summed E-state index contributed by atoms with van der Waals surface area (Å²) in [6.45, 7) is 2.30. The lowest BCUT2D eigenvalue weighted by atomic mass is 10.1. The van der Waals surface area contributed by atoms with Gasteiger partial charge in [0, 0.05) is 27.8 Å². The van der Waals surface area contributed by atoms with Gasteiger partial charge in [-0.05, 0) is 44.3 Å². The van der Waals surface area contributed by atoms with Crippen LogP contribution in [0.3, 0.4) is 0 Å². The first-order valence-corrected chi connectivity index (χ1v) is 8.60. The molecule has 0 heterocycles. The molecule has 0 aliphatic heterocycles. The highest BCUT2D eigenvalue weighted by Gasteiger charge is 2.11. The number of rotatable bonds is 7. The van der Waals surface area contributed by atoms with Crippen molar-refractivity contribution in [3.8, 4) is 5.75 Å². The normalized spacial score (nSPS) is 10.6. The van der Waals surface area contributed by atoms with Crippen molar-refractivity contribution in [3.63, 3.8) is 0 Å². The van der Waals surface area contributed by atoms with Crippen molar-refractivity contribution in [3.05, 3.63) is 58.1 Å². The number of nitrogens with one attached hydrogen (secondary N) is 1. The van der Waals surface area contributed by atoms with Crippen LogP contribution in [-0.4, -0.2) is 37.3 Å². The van der Waals surface area contributed by atoms with Crippen LogP contribution in [0.25, 0.3) is 0 Å². The highest BCUT2D eigenvalue weighted by atomic mass is 79.9. The van der Waals surface area contributed by atoms with E-state index in [1.807, 2.05) is 30.1 Å². The van der Waals surface area contributed by atoms with Crippen LogP contribution in [0.4, 0.5) is 5.69 Å². The summed E-state index contributed by atoms with van der Waals surface area (Å²) in [6, 6.07) is 12.7. The Morgan fingerprint density at radius 2 is 1.96 bits per heavy atom. The lowest BCUT2D eigenvalue weighted by molar-refractivity contribution is -0.117. The molecule has 0 atom stereocenters. The topological polar surface area (TPSA) is 58.6 Å². The molecule has 0 saturated heterocycles. The molecule has 2 aromatic rings. The molecule has 0 saturated carbocycles. The highest BCUT2D eigenvalue weighted by Crippen LogP contribution is 2.24. The number of ketones is 1. The molecule has 132 valence electrons. The van der Waals surface area contributed by atoms with Crippen molar-refractivity contribution in [2.24, 2.45) is 0 Å². The summed E-state index contributed by atoms with van der Waals surface area (Å²) in [7, 11) is 3.49. The van der Waals surface area contributed by atoms with Crippen LogP contribution >= 0.6 is 15.9 Å². The fraction of sp³-hybridized carbons (Fsp3) is 0.263. The van der Waals surface area contributed by atoms with Gasteiger partial charge in [0.25, 0.3) is 0 Å². The number of hydrogen-bond acceptors (Lipinski definition) is 4. The van der Waals surface area contributed by atoms with Gasteiger partial charge in [-0.15, -0.1) is 0 Å². The number of benzene rings is 2. The minimum absolute atomic E-state index is 0.0324. The third kappa shape index (κ3) is 5.69. The molecule has 5 nitrogen and oxygen atoms in total. The van der Waals surface area contributed by atoms with Crippen LogP contribution in [0.2, 0.25) is 0 Å². The van der Waals surface area contributed by atoms with Gasteiger partial charge in [0.1, 0.15) is 5.75 Å². The maximum absolute atomic E-state index is 12.2. The van der Waals surface area contributed by atoms with Crippen molar-refractivity contribution in [2.45, 2.75) is 13.5 Å². The standard InChI is InChI=1S/C19H21BrN2O3/c1-13(23)14-5-4-6-17(10-14)21-19(24)12-22(2)11-15-9-16(20)7-8-18(15)25-3/h4-10H,11-12H2,1-3H3,(H,21,24). The van der Waals surface area contributed by atoms with E-state index in [0.717, 1.165) is 15.8 Å². The molecule has 1 N–H and O–H groups in total. The van der Waals surface area contributed by atoms with E-state index < -0.39 is 0 Å². The second-order valence-corrected chi connectivity index (χ2v) is 6.73. The average molecular weight is 405 g/mol. The highest BCUT2D eigenvalue weighted by molar-refractivity contribution is 9.10. The van der Waals surface area contributed by atoms with E-state index in [4.69, 9.17) is 4.74 Å². The summed E-state index contributed by atoms with van der Waals surface area (Å²) in [4.78, 5) is 25.6. The Labute approximate surface area is 156 Å². The molecule has 2 aromatic carbocycles. The molecule has 6 heteroatoms. The maximum atomic E-state index is 12.2. The zero-order chi connectivity index (χ0) is 18.4. The van der Waals surface area contributed by atoms with Crippen LogP contribution in [0.1, 0.15) is 22.8 Å². The molecule has 2 rings (SSSR count). The Bertz CT molecular complexity index is 777.